The molecule has 7 heteroatoms. The highest BCUT2D eigenvalue weighted by atomic mass is 79.9. The van der Waals surface area contributed by atoms with Gasteiger partial charge in [-0.2, -0.15) is 4.99 Å². The number of hydrogen-bond donors (Lipinski definition) is 0. The molecule has 1 aromatic carbocycles. The molecule has 0 saturated carbocycles. The molecule has 0 N–H and O–H groups in total. The number of carbonyl (C=O) groups excluding carboxylic acids is 1. The number of nitrogens with zero attached hydrogens (tertiary/aromatic N) is 2. The van der Waals surface area contributed by atoms with Crippen LogP contribution in [0.15, 0.2) is 55.2 Å². The predicted molar refractivity (Wildman–Crippen MR) is 102 cm³/mol. The third-order valence-electron chi connectivity index (χ3n) is 3.92. The van der Waals surface area contributed by atoms with Crippen molar-refractivity contribution in [1.29, 1.82) is 0 Å². The molecule has 3 heterocycles. The van der Waals surface area contributed by atoms with Crippen LogP contribution in [0.5, 0.6) is 0 Å². The van der Waals surface area contributed by atoms with Crippen molar-refractivity contribution < 1.29 is 13.9 Å². The van der Waals surface area contributed by atoms with Gasteiger partial charge in [0.15, 0.2) is 5.17 Å². The van der Waals surface area contributed by atoms with E-state index in [0.29, 0.717) is 23.9 Å². The van der Waals surface area contributed by atoms with E-state index in [9.17, 15) is 4.79 Å². The van der Waals surface area contributed by atoms with Crippen LogP contribution in [0.2, 0.25) is 0 Å². The quantitative estimate of drug-likeness (QED) is 0.689. The Labute approximate surface area is 157 Å². The lowest BCUT2D eigenvalue weighted by molar-refractivity contribution is -0.113. The van der Waals surface area contributed by atoms with Gasteiger partial charge >= 0.3 is 0 Å². The van der Waals surface area contributed by atoms with Gasteiger partial charge < -0.3 is 14.1 Å². The van der Waals surface area contributed by atoms with Gasteiger partial charge in [-0.3, -0.25) is 4.79 Å². The number of morpholine rings is 1. The Kier molecular flexibility index (Phi) is 4.78. The second-order valence-corrected chi connectivity index (χ2v) is 7.54. The van der Waals surface area contributed by atoms with Crippen molar-refractivity contribution in [2.45, 2.75) is 0 Å². The third-order valence-corrected chi connectivity index (χ3v) is 5.49. The van der Waals surface area contributed by atoms with Crippen LogP contribution in [0, 0.1) is 0 Å². The zero-order valence-corrected chi connectivity index (χ0v) is 15.7. The SMILES string of the molecule is O=C1N=C(N2CCOCC2)SC1=Cc1ccc(-c2ccc(Br)cc2)o1. The van der Waals surface area contributed by atoms with Crippen LogP contribution in [0.25, 0.3) is 17.4 Å². The maximum Gasteiger partial charge on any atom is 0.286 e. The van der Waals surface area contributed by atoms with Crippen molar-refractivity contribution in [3.05, 3.63) is 51.5 Å². The van der Waals surface area contributed by atoms with Crippen LogP contribution in [-0.4, -0.2) is 42.3 Å². The minimum absolute atomic E-state index is 0.215. The number of benzene rings is 1. The van der Waals surface area contributed by atoms with Gasteiger partial charge in [0.05, 0.1) is 18.1 Å². The Hall–Kier alpha value is -1.83. The number of ether oxygens (including phenoxy) is 1. The lowest BCUT2D eigenvalue weighted by Crippen LogP contribution is -2.38. The van der Waals surface area contributed by atoms with Crippen LogP contribution in [-0.2, 0) is 9.53 Å². The number of amidine groups is 1. The van der Waals surface area contributed by atoms with Gasteiger partial charge in [-0.05, 0) is 36.0 Å². The molecule has 5 nitrogen and oxygen atoms in total. The average molecular weight is 419 g/mol. The van der Waals surface area contributed by atoms with Crippen molar-refractivity contribution in [3.63, 3.8) is 0 Å². The van der Waals surface area contributed by atoms with Crippen molar-refractivity contribution in [2.24, 2.45) is 4.99 Å². The summed E-state index contributed by atoms with van der Waals surface area (Å²) < 4.78 is 12.2. The normalized spacial score (nSPS) is 19.6. The number of aliphatic imine (C=N–C) groups is 1. The van der Waals surface area contributed by atoms with E-state index in [0.717, 1.165) is 34.1 Å². The van der Waals surface area contributed by atoms with E-state index in [1.54, 1.807) is 6.08 Å². The minimum Gasteiger partial charge on any atom is -0.457 e. The Morgan fingerprint density at radius 2 is 1.88 bits per heavy atom. The minimum atomic E-state index is -0.215. The molecule has 2 aliphatic heterocycles. The molecule has 25 heavy (non-hydrogen) atoms. The summed E-state index contributed by atoms with van der Waals surface area (Å²) in [4.78, 5) is 19.0. The summed E-state index contributed by atoms with van der Waals surface area (Å²) in [6.07, 6.45) is 1.76. The van der Waals surface area contributed by atoms with Gasteiger partial charge in [0.1, 0.15) is 11.5 Å². The topological polar surface area (TPSA) is 55.0 Å². The highest BCUT2D eigenvalue weighted by Crippen LogP contribution is 2.32. The van der Waals surface area contributed by atoms with Gasteiger partial charge in [-0.25, -0.2) is 0 Å². The number of rotatable bonds is 2. The number of thioether (sulfide) groups is 1. The monoisotopic (exact) mass is 418 g/mol. The fourth-order valence-corrected chi connectivity index (χ4v) is 3.83. The van der Waals surface area contributed by atoms with Crippen molar-refractivity contribution in [2.75, 3.05) is 26.3 Å². The average Bonchev–Trinajstić information content (AvgIpc) is 3.24. The van der Waals surface area contributed by atoms with E-state index < -0.39 is 0 Å². The Morgan fingerprint density at radius 1 is 1.12 bits per heavy atom. The molecule has 0 spiro atoms. The van der Waals surface area contributed by atoms with Crippen LogP contribution < -0.4 is 0 Å². The second-order valence-electron chi connectivity index (χ2n) is 5.62. The largest absolute Gasteiger partial charge is 0.457 e. The van der Waals surface area contributed by atoms with Crippen molar-refractivity contribution in [3.8, 4) is 11.3 Å². The summed E-state index contributed by atoms with van der Waals surface area (Å²) in [6, 6.07) is 11.7. The molecular formula is C18H15BrN2O3S. The van der Waals surface area contributed by atoms with Crippen LogP contribution in [0.3, 0.4) is 0 Å². The van der Waals surface area contributed by atoms with E-state index in [1.807, 2.05) is 36.4 Å². The van der Waals surface area contributed by atoms with E-state index >= 15 is 0 Å². The molecule has 0 bridgehead atoms. The van der Waals surface area contributed by atoms with Crippen molar-refractivity contribution >= 4 is 44.8 Å². The Bertz CT molecular complexity index is 851. The fraction of sp³-hybridized carbons (Fsp3) is 0.222. The lowest BCUT2D eigenvalue weighted by atomic mass is 10.2. The standard InChI is InChI=1S/C18H15BrN2O3S/c19-13-3-1-12(2-4-13)15-6-5-14(24-15)11-16-17(22)20-18(25-16)21-7-9-23-10-8-21/h1-6,11H,7-10H2. The van der Waals surface area contributed by atoms with E-state index in [-0.39, 0.29) is 5.91 Å². The van der Waals surface area contributed by atoms with Crippen LogP contribution >= 0.6 is 27.7 Å². The van der Waals surface area contributed by atoms with Crippen LogP contribution in [0.4, 0.5) is 0 Å². The summed E-state index contributed by atoms with van der Waals surface area (Å²) in [5, 5.41) is 0.749. The summed E-state index contributed by atoms with van der Waals surface area (Å²) >= 11 is 4.81. The highest BCUT2D eigenvalue weighted by Gasteiger charge is 2.27. The molecule has 1 amide bonds. The fourth-order valence-electron chi connectivity index (χ4n) is 2.62. The first-order valence-electron chi connectivity index (χ1n) is 7.90. The van der Waals surface area contributed by atoms with Crippen molar-refractivity contribution in [1.82, 2.24) is 4.90 Å². The first-order chi connectivity index (χ1) is 12.2. The number of furan rings is 1. The first-order valence-corrected chi connectivity index (χ1v) is 9.51. The number of carbonyl (C=O) groups is 1. The van der Waals surface area contributed by atoms with Gasteiger partial charge in [-0.1, -0.05) is 28.1 Å². The van der Waals surface area contributed by atoms with Crippen LogP contribution in [0.1, 0.15) is 5.76 Å². The number of halogens is 1. The molecule has 0 aliphatic carbocycles. The maximum absolute atomic E-state index is 12.2. The molecule has 2 aromatic rings. The third kappa shape index (κ3) is 3.73. The second kappa shape index (κ2) is 7.19. The Morgan fingerprint density at radius 3 is 2.64 bits per heavy atom. The predicted octanol–water partition coefficient (Wildman–Crippen LogP) is 4.01. The summed E-state index contributed by atoms with van der Waals surface area (Å²) in [5.74, 6) is 1.20. The Balaban J connectivity index is 1.50. The molecule has 4 rings (SSSR count). The molecule has 1 aromatic heterocycles. The molecule has 1 fully saturated rings. The van der Waals surface area contributed by atoms with Gasteiger partial charge in [0.25, 0.3) is 5.91 Å². The van der Waals surface area contributed by atoms with E-state index in [2.05, 4.69) is 25.8 Å². The highest BCUT2D eigenvalue weighted by molar-refractivity contribution is 9.10. The molecule has 0 unspecified atom stereocenters. The van der Waals surface area contributed by atoms with E-state index in [4.69, 9.17) is 9.15 Å². The molecule has 128 valence electrons. The van der Waals surface area contributed by atoms with Gasteiger partial charge in [-0.15, -0.1) is 0 Å². The molecule has 2 aliphatic rings. The van der Waals surface area contributed by atoms with Gasteiger partial charge in [0, 0.05) is 29.2 Å². The lowest BCUT2D eigenvalue weighted by Gasteiger charge is -2.27. The smallest absolute Gasteiger partial charge is 0.286 e. The van der Waals surface area contributed by atoms with Gasteiger partial charge in [0.2, 0.25) is 0 Å². The zero-order valence-electron chi connectivity index (χ0n) is 13.3. The molecule has 1 saturated heterocycles. The summed E-state index contributed by atoms with van der Waals surface area (Å²) in [7, 11) is 0. The molecule has 0 atom stereocenters. The summed E-state index contributed by atoms with van der Waals surface area (Å²) in [6.45, 7) is 2.87. The number of amides is 1. The molecular weight excluding hydrogens is 404 g/mol. The summed E-state index contributed by atoms with van der Waals surface area (Å²) in [5.41, 5.74) is 0.989. The zero-order chi connectivity index (χ0) is 17.2. The van der Waals surface area contributed by atoms with E-state index in [1.165, 1.54) is 11.8 Å². The maximum atomic E-state index is 12.2. The number of hydrogen-bond acceptors (Lipinski definition) is 5. The first kappa shape index (κ1) is 16.6. The molecule has 0 radical (unpaired) electrons.